The van der Waals surface area contributed by atoms with Crippen molar-refractivity contribution in [3.05, 3.63) is 76.4 Å². The van der Waals surface area contributed by atoms with E-state index in [9.17, 15) is 13.6 Å². The van der Waals surface area contributed by atoms with Crippen molar-refractivity contribution < 1.29 is 22.8 Å². The summed E-state index contributed by atoms with van der Waals surface area (Å²) in [7, 11) is 1.46. The predicted molar refractivity (Wildman–Crippen MR) is 102 cm³/mol. The summed E-state index contributed by atoms with van der Waals surface area (Å²) >= 11 is 0. The largest absolute Gasteiger partial charge is 0.484 e. The fraction of sp³-hybridized carbons (Fsp3) is 0.286. The summed E-state index contributed by atoms with van der Waals surface area (Å²) in [5.74, 6) is -1.16. The Morgan fingerprint density at radius 1 is 1.14 bits per heavy atom. The zero-order chi connectivity index (χ0) is 21.0. The molecular weight excluding hydrogens is 380 g/mol. The highest BCUT2D eigenvalue weighted by molar-refractivity contribution is 5.94. The molecule has 1 aromatic heterocycles. The molecule has 0 radical (unpaired) electrons. The molecule has 2 aromatic carbocycles. The number of aryl methyl sites for hydroxylation is 2. The van der Waals surface area contributed by atoms with Crippen molar-refractivity contribution in [2.45, 2.75) is 26.9 Å². The Hall–Kier alpha value is -3.29. The quantitative estimate of drug-likeness (QED) is 0.601. The number of carbonyl (C=O) groups is 1. The van der Waals surface area contributed by atoms with Gasteiger partial charge in [-0.2, -0.15) is 4.98 Å². The van der Waals surface area contributed by atoms with Gasteiger partial charge in [-0.15, -0.1) is 0 Å². The summed E-state index contributed by atoms with van der Waals surface area (Å²) in [5, 5.41) is 3.85. The molecule has 0 aliphatic carbocycles. The molecule has 0 saturated heterocycles. The van der Waals surface area contributed by atoms with Gasteiger partial charge in [-0.05, 0) is 49.2 Å². The highest BCUT2D eigenvalue weighted by Crippen LogP contribution is 2.18. The zero-order valence-corrected chi connectivity index (χ0v) is 16.4. The van der Waals surface area contributed by atoms with Crippen LogP contribution in [0.25, 0.3) is 0 Å². The number of nitrogens with zero attached hydrogens (tertiary/aromatic N) is 3. The highest BCUT2D eigenvalue weighted by Gasteiger charge is 2.21. The van der Waals surface area contributed by atoms with Crippen LogP contribution in [0.5, 0.6) is 5.75 Å². The molecule has 0 unspecified atom stereocenters. The van der Waals surface area contributed by atoms with E-state index < -0.39 is 23.1 Å². The molecule has 0 aliphatic rings. The number of aromatic nitrogens is 2. The van der Waals surface area contributed by atoms with Gasteiger partial charge in [-0.3, -0.25) is 4.79 Å². The minimum atomic E-state index is -0.896. The van der Waals surface area contributed by atoms with Gasteiger partial charge in [0.25, 0.3) is 11.8 Å². The molecule has 8 heteroatoms. The van der Waals surface area contributed by atoms with E-state index in [4.69, 9.17) is 9.26 Å². The van der Waals surface area contributed by atoms with Crippen LogP contribution in [0.15, 0.2) is 40.9 Å². The summed E-state index contributed by atoms with van der Waals surface area (Å²) in [6.45, 7) is 4.25. The smallest absolute Gasteiger partial charge is 0.264 e. The Labute approximate surface area is 167 Å². The van der Waals surface area contributed by atoms with E-state index in [1.807, 2.05) is 32.0 Å². The van der Waals surface area contributed by atoms with Crippen molar-refractivity contribution in [3.63, 3.8) is 0 Å². The molecule has 29 heavy (non-hydrogen) atoms. The van der Waals surface area contributed by atoms with Gasteiger partial charge in [0.15, 0.2) is 12.4 Å². The van der Waals surface area contributed by atoms with Gasteiger partial charge in [0, 0.05) is 20.0 Å². The third-order valence-electron chi connectivity index (χ3n) is 4.26. The molecule has 3 aromatic rings. The standard InChI is InChI=1S/C21H21F2N3O3/c1-13-9-14(2)11-15(10-13)28-12-19-24-18(25-29-19)7-8-26(3)21(27)20-16(22)5-4-6-17(20)23/h4-6,9-11H,7-8,12H2,1-3H3. The second kappa shape index (κ2) is 8.81. The second-order valence-electron chi connectivity index (χ2n) is 6.79. The summed E-state index contributed by atoms with van der Waals surface area (Å²) < 4.78 is 38.3. The molecule has 152 valence electrons. The monoisotopic (exact) mass is 401 g/mol. The predicted octanol–water partition coefficient (Wildman–Crippen LogP) is 3.86. The van der Waals surface area contributed by atoms with E-state index in [1.54, 1.807) is 0 Å². The Balaban J connectivity index is 1.55. The first-order valence-corrected chi connectivity index (χ1v) is 9.05. The van der Waals surface area contributed by atoms with Gasteiger partial charge < -0.3 is 14.2 Å². The second-order valence-corrected chi connectivity index (χ2v) is 6.79. The van der Waals surface area contributed by atoms with Gasteiger partial charge in [0.05, 0.1) is 0 Å². The lowest BCUT2D eigenvalue weighted by atomic mass is 10.1. The fourth-order valence-electron chi connectivity index (χ4n) is 2.87. The Kier molecular flexibility index (Phi) is 6.21. The maximum absolute atomic E-state index is 13.8. The van der Waals surface area contributed by atoms with Crippen LogP contribution in [0.3, 0.4) is 0 Å². The summed E-state index contributed by atoms with van der Waals surface area (Å²) in [6, 6.07) is 9.17. The number of amides is 1. The number of benzene rings is 2. The Morgan fingerprint density at radius 2 is 1.79 bits per heavy atom. The topological polar surface area (TPSA) is 68.5 Å². The van der Waals surface area contributed by atoms with Gasteiger partial charge in [0.2, 0.25) is 0 Å². The minimum Gasteiger partial charge on any atom is -0.484 e. The van der Waals surface area contributed by atoms with E-state index in [0.717, 1.165) is 23.3 Å². The molecule has 0 aliphatic heterocycles. The molecular formula is C21H21F2N3O3. The van der Waals surface area contributed by atoms with Crippen LogP contribution in [0.1, 0.15) is 33.2 Å². The van der Waals surface area contributed by atoms with Gasteiger partial charge in [-0.25, -0.2) is 8.78 Å². The number of hydrogen-bond acceptors (Lipinski definition) is 5. The van der Waals surface area contributed by atoms with Crippen molar-refractivity contribution in [1.82, 2.24) is 15.0 Å². The Morgan fingerprint density at radius 3 is 2.45 bits per heavy atom. The number of carbonyl (C=O) groups excluding carboxylic acids is 1. The number of halogens is 2. The molecule has 0 fully saturated rings. The fourth-order valence-corrected chi connectivity index (χ4v) is 2.87. The number of hydrogen-bond donors (Lipinski definition) is 0. The van der Waals surface area contributed by atoms with E-state index in [1.165, 1.54) is 18.0 Å². The van der Waals surface area contributed by atoms with Crippen LogP contribution >= 0.6 is 0 Å². The lowest BCUT2D eigenvalue weighted by Gasteiger charge is -2.16. The summed E-state index contributed by atoms with van der Waals surface area (Å²) in [4.78, 5) is 17.7. The van der Waals surface area contributed by atoms with Crippen molar-refractivity contribution in [1.29, 1.82) is 0 Å². The first kappa shape index (κ1) is 20.4. The molecule has 0 spiro atoms. The van der Waals surface area contributed by atoms with Crippen LogP contribution in [0.4, 0.5) is 8.78 Å². The number of likely N-dealkylation sites (N-methyl/N-ethyl adjacent to an activating group) is 1. The van der Waals surface area contributed by atoms with Crippen molar-refractivity contribution in [3.8, 4) is 5.75 Å². The van der Waals surface area contributed by atoms with E-state index in [-0.39, 0.29) is 19.6 Å². The van der Waals surface area contributed by atoms with Crippen LogP contribution in [-0.2, 0) is 13.0 Å². The maximum Gasteiger partial charge on any atom is 0.264 e. The lowest BCUT2D eigenvalue weighted by molar-refractivity contribution is 0.0786. The molecule has 0 N–H and O–H groups in total. The number of ether oxygens (including phenoxy) is 1. The van der Waals surface area contributed by atoms with Crippen LogP contribution in [-0.4, -0.2) is 34.5 Å². The minimum absolute atomic E-state index is 0.116. The van der Waals surface area contributed by atoms with E-state index in [0.29, 0.717) is 17.5 Å². The maximum atomic E-state index is 13.8. The van der Waals surface area contributed by atoms with Crippen molar-refractivity contribution in [2.75, 3.05) is 13.6 Å². The van der Waals surface area contributed by atoms with Crippen molar-refractivity contribution >= 4 is 5.91 Å². The highest BCUT2D eigenvalue weighted by atomic mass is 19.1. The molecule has 1 heterocycles. The lowest BCUT2D eigenvalue weighted by Crippen LogP contribution is -2.30. The van der Waals surface area contributed by atoms with Crippen LogP contribution < -0.4 is 4.74 Å². The average Bonchev–Trinajstić information content (AvgIpc) is 3.11. The molecule has 0 bridgehead atoms. The van der Waals surface area contributed by atoms with E-state index >= 15 is 0 Å². The van der Waals surface area contributed by atoms with Crippen LogP contribution in [0.2, 0.25) is 0 Å². The molecule has 0 atom stereocenters. The summed E-state index contributed by atoms with van der Waals surface area (Å²) in [5.41, 5.74) is 1.60. The van der Waals surface area contributed by atoms with Gasteiger partial charge in [0.1, 0.15) is 22.9 Å². The van der Waals surface area contributed by atoms with Crippen LogP contribution in [0, 0.1) is 25.5 Å². The SMILES string of the molecule is Cc1cc(C)cc(OCc2nc(CCN(C)C(=O)c3c(F)cccc3F)no2)c1. The molecule has 0 saturated carbocycles. The van der Waals surface area contributed by atoms with Gasteiger partial charge in [-0.1, -0.05) is 17.3 Å². The van der Waals surface area contributed by atoms with Crippen molar-refractivity contribution in [2.24, 2.45) is 0 Å². The van der Waals surface area contributed by atoms with E-state index in [2.05, 4.69) is 10.1 Å². The average molecular weight is 401 g/mol. The molecule has 6 nitrogen and oxygen atoms in total. The number of rotatable bonds is 7. The normalized spacial score (nSPS) is 10.8. The van der Waals surface area contributed by atoms with Gasteiger partial charge >= 0.3 is 0 Å². The first-order chi connectivity index (χ1) is 13.8. The first-order valence-electron chi connectivity index (χ1n) is 9.05. The summed E-state index contributed by atoms with van der Waals surface area (Å²) in [6.07, 6.45) is 0.269. The Bertz CT molecular complexity index is 980. The molecule has 3 rings (SSSR count). The molecule has 1 amide bonds. The zero-order valence-electron chi connectivity index (χ0n) is 16.4. The third-order valence-corrected chi connectivity index (χ3v) is 4.26. The third kappa shape index (κ3) is 5.16.